The van der Waals surface area contributed by atoms with Gasteiger partial charge in [-0.15, -0.1) is 0 Å². The minimum Gasteiger partial charge on any atom is -0.339 e. The molecule has 0 aromatic rings. The highest BCUT2D eigenvalue weighted by atomic mass is 16.2. The van der Waals surface area contributed by atoms with Crippen molar-refractivity contribution in [3.05, 3.63) is 12.2 Å². The van der Waals surface area contributed by atoms with Gasteiger partial charge >= 0.3 is 0 Å². The van der Waals surface area contributed by atoms with Crippen LogP contribution in [-0.4, -0.2) is 47.8 Å². The van der Waals surface area contributed by atoms with Gasteiger partial charge in [-0.1, -0.05) is 19.9 Å². The van der Waals surface area contributed by atoms with E-state index in [1.165, 1.54) is 0 Å². The monoisotopic (exact) mass is 238 g/mol. The van der Waals surface area contributed by atoms with Crippen molar-refractivity contribution in [2.45, 2.75) is 27.2 Å². The lowest BCUT2D eigenvalue weighted by atomic mass is 10.1. The predicted molar refractivity (Wildman–Crippen MR) is 67.4 cm³/mol. The molecular formula is C13H22N2O2. The Morgan fingerprint density at radius 1 is 1.12 bits per heavy atom. The molecule has 0 unspecified atom stereocenters. The molecule has 1 heterocycles. The van der Waals surface area contributed by atoms with E-state index in [1.54, 1.807) is 17.1 Å². The van der Waals surface area contributed by atoms with Crippen molar-refractivity contribution in [2.75, 3.05) is 26.2 Å². The molecule has 0 aromatic heterocycles. The number of hydrogen-bond donors (Lipinski definition) is 0. The third-order valence-electron chi connectivity index (χ3n) is 2.84. The molecule has 0 radical (unpaired) electrons. The van der Waals surface area contributed by atoms with Crippen LogP contribution < -0.4 is 0 Å². The van der Waals surface area contributed by atoms with Crippen molar-refractivity contribution >= 4 is 11.8 Å². The second-order valence-corrected chi connectivity index (χ2v) is 4.80. The second kappa shape index (κ2) is 6.42. The Balaban J connectivity index is 2.40. The van der Waals surface area contributed by atoms with Crippen LogP contribution in [0.25, 0.3) is 0 Å². The molecule has 1 rings (SSSR count). The van der Waals surface area contributed by atoms with Crippen LogP contribution in [0.2, 0.25) is 0 Å². The van der Waals surface area contributed by atoms with E-state index in [9.17, 15) is 9.59 Å². The summed E-state index contributed by atoms with van der Waals surface area (Å²) in [4.78, 5) is 27.1. The lowest BCUT2D eigenvalue weighted by Crippen LogP contribution is -2.50. The summed E-state index contributed by atoms with van der Waals surface area (Å²) in [5.74, 6) is 0.645. The molecule has 0 N–H and O–H groups in total. The van der Waals surface area contributed by atoms with Crippen LogP contribution in [-0.2, 0) is 9.59 Å². The number of allylic oxidation sites excluding steroid dienone is 1. The number of carbonyl (C=O) groups excluding carboxylic acids is 2. The maximum absolute atomic E-state index is 11.8. The molecule has 2 amide bonds. The first-order valence-corrected chi connectivity index (χ1v) is 6.24. The fourth-order valence-electron chi connectivity index (χ4n) is 1.90. The molecule has 1 aliphatic rings. The molecule has 96 valence electrons. The minimum atomic E-state index is 0.0449. The van der Waals surface area contributed by atoms with Crippen LogP contribution in [0.15, 0.2) is 12.2 Å². The summed E-state index contributed by atoms with van der Waals surface area (Å²) in [5, 5.41) is 0. The lowest BCUT2D eigenvalue weighted by Gasteiger charge is -2.34. The predicted octanol–water partition coefficient (Wildman–Crippen LogP) is 1.28. The summed E-state index contributed by atoms with van der Waals surface area (Å²) in [5.41, 5.74) is 0. The molecule has 4 nitrogen and oxygen atoms in total. The SMILES string of the molecule is CC=CC(=O)N1CCN(C(=O)CC(C)C)CC1. The number of piperazine rings is 1. The largest absolute Gasteiger partial charge is 0.339 e. The number of rotatable bonds is 3. The summed E-state index contributed by atoms with van der Waals surface area (Å²) in [6.07, 6.45) is 3.92. The fourth-order valence-corrected chi connectivity index (χ4v) is 1.90. The van der Waals surface area contributed by atoms with Gasteiger partial charge in [0.1, 0.15) is 0 Å². The number of nitrogens with zero attached hydrogens (tertiary/aromatic N) is 2. The zero-order chi connectivity index (χ0) is 12.8. The molecule has 0 atom stereocenters. The highest BCUT2D eigenvalue weighted by molar-refractivity contribution is 5.87. The van der Waals surface area contributed by atoms with Crippen LogP contribution in [0, 0.1) is 5.92 Å². The summed E-state index contributed by atoms with van der Waals surface area (Å²) >= 11 is 0. The van der Waals surface area contributed by atoms with Crippen LogP contribution in [0.4, 0.5) is 0 Å². The topological polar surface area (TPSA) is 40.6 Å². The van der Waals surface area contributed by atoms with E-state index in [1.807, 2.05) is 25.7 Å². The van der Waals surface area contributed by atoms with Crippen molar-refractivity contribution < 1.29 is 9.59 Å². The minimum absolute atomic E-state index is 0.0449. The fraction of sp³-hybridized carbons (Fsp3) is 0.692. The van der Waals surface area contributed by atoms with Gasteiger partial charge in [-0.25, -0.2) is 0 Å². The third-order valence-corrected chi connectivity index (χ3v) is 2.84. The van der Waals surface area contributed by atoms with Crippen molar-refractivity contribution in [3.63, 3.8) is 0 Å². The Labute approximate surface area is 103 Å². The van der Waals surface area contributed by atoms with Gasteiger partial charge in [-0.05, 0) is 18.9 Å². The van der Waals surface area contributed by atoms with E-state index in [-0.39, 0.29) is 11.8 Å². The van der Waals surface area contributed by atoms with Crippen molar-refractivity contribution in [3.8, 4) is 0 Å². The third kappa shape index (κ3) is 4.21. The molecule has 0 aromatic carbocycles. The molecule has 4 heteroatoms. The molecule has 17 heavy (non-hydrogen) atoms. The van der Waals surface area contributed by atoms with Crippen LogP contribution in [0.3, 0.4) is 0 Å². The summed E-state index contributed by atoms with van der Waals surface area (Å²) in [6, 6.07) is 0. The van der Waals surface area contributed by atoms with Crippen molar-refractivity contribution in [2.24, 2.45) is 5.92 Å². The second-order valence-electron chi connectivity index (χ2n) is 4.80. The maximum atomic E-state index is 11.8. The Bertz CT molecular complexity index is 303. The van der Waals surface area contributed by atoms with E-state index in [0.717, 1.165) is 0 Å². The molecule has 1 saturated heterocycles. The van der Waals surface area contributed by atoms with E-state index < -0.39 is 0 Å². The van der Waals surface area contributed by atoms with E-state index >= 15 is 0 Å². The Kier molecular flexibility index (Phi) is 5.19. The standard InChI is InChI=1S/C13H22N2O2/c1-4-5-12(16)14-6-8-15(9-7-14)13(17)10-11(2)3/h4-5,11H,6-10H2,1-3H3. The van der Waals surface area contributed by atoms with Gasteiger partial charge in [-0.3, -0.25) is 9.59 Å². The molecule has 0 saturated carbocycles. The van der Waals surface area contributed by atoms with E-state index in [4.69, 9.17) is 0 Å². The molecule has 0 aliphatic carbocycles. The van der Waals surface area contributed by atoms with E-state index in [0.29, 0.717) is 38.5 Å². The Morgan fingerprint density at radius 3 is 2.12 bits per heavy atom. The smallest absolute Gasteiger partial charge is 0.246 e. The van der Waals surface area contributed by atoms with Gasteiger partial charge in [0.15, 0.2) is 0 Å². The molecule has 1 aliphatic heterocycles. The molecular weight excluding hydrogens is 216 g/mol. The zero-order valence-electron chi connectivity index (χ0n) is 11.0. The van der Waals surface area contributed by atoms with Crippen LogP contribution in [0.1, 0.15) is 27.2 Å². The van der Waals surface area contributed by atoms with Gasteiger partial charge in [-0.2, -0.15) is 0 Å². The average Bonchev–Trinajstić information content (AvgIpc) is 2.28. The Morgan fingerprint density at radius 2 is 1.65 bits per heavy atom. The first-order chi connectivity index (χ1) is 8.04. The van der Waals surface area contributed by atoms with Gasteiger partial charge in [0.25, 0.3) is 0 Å². The van der Waals surface area contributed by atoms with Crippen molar-refractivity contribution in [1.29, 1.82) is 0 Å². The lowest BCUT2D eigenvalue weighted by molar-refractivity contribution is -0.137. The van der Waals surface area contributed by atoms with Gasteiger partial charge < -0.3 is 9.80 Å². The summed E-state index contributed by atoms with van der Waals surface area (Å²) < 4.78 is 0. The molecule has 0 spiro atoms. The average molecular weight is 238 g/mol. The van der Waals surface area contributed by atoms with Gasteiger partial charge in [0.2, 0.25) is 11.8 Å². The first kappa shape index (κ1) is 13.7. The maximum Gasteiger partial charge on any atom is 0.246 e. The van der Waals surface area contributed by atoms with Crippen LogP contribution >= 0.6 is 0 Å². The molecule has 0 bridgehead atoms. The first-order valence-electron chi connectivity index (χ1n) is 6.24. The zero-order valence-corrected chi connectivity index (χ0v) is 11.0. The number of carbonyl (C=O) groups is 2. The highest BCUT2D eigenvalue weighted by Gasteiger charge is 2.22. The van der Waals surface area contributed by atoms with E-state index in [2.05, 4.69) is 0 Å². The summed E-state index contributed by atoms with van der Waals surface area (Å²) in [6.45, 7) is 8.54. The number of amides is 2. The van der Waals surface area contributed by atoms with Crippen LogP contribution in [0.5, 0.6) is 0 Å². The van der Waals surface area contributed by atoms with Crippen molar-refractivity contribution in [1.82, 2.24) is 9.80 Å². The summed E-state index contributed by atoms with van der Waals surface area (Å²) in [7, 11) is 0. The highest BCUT2D eigenvalue weighted by Crippen LogP contribution is 2.08. The Hall–Kier alpha value is -1.32. The molecule has 1 fully saturated rings. The normalized spacial score (nSPS) is 16.9. The van der Waals surface area contributed by atoms with Gasteiger partial charge in [0, 0.05) is 32.6 Å². The van der Waals surface area contributed by atoms with Gasteiger partial charge in [0.05, 0.1) is 0 Å². The number of hydrogen-bond acceptors (Lipinski definition) is 2. The quantitative estimate of drug-likeness (QED) is 0.695.